The first kappa shape index (κ1) is 12.8. The normalized spacial score (nSPS) is 10.9. The number of rotatable bonds is 2. The molecule has 0 aromatic heterocycles. The predicted molar refractivity (Wildman–Crippen MR) is 38.4 cm³/mol. The molecular weight excluding hydrogens is 152 g/mol. The summed E-state index contributed by atoms with van der Waals surface area (Å²) in [5.41, 5.74) is 0. The Balaban J connectivity index is 0. The number of hydrogen-bond acceptors (Lipinski definition) is 4. The Morgan fingerprint density at radius 3 is 2.00 bits per heavy atom. The molecule has 0 aromatic rings. The van der Waals surface area contributed by atoms with Gasteiger partial charge >= 0.3 is 6.16 Å². The van der Waals surface area contributed by atoms with Crippen LogP contribution in [0.2, 0.25) is 0 Å². The summed E-state index contributed by atoms with van der Waals surface area (Å²) in [6.45, 7) is 1.73. The van der Waals surface area contributed by atoms with Crippen LogP contribution < -0.4 is 0 Å². The van der Waals surface area contributed by atoms with E-state index in [9.17, 15) is 0 Å². The first-order valence-electron chi connectivity index (χ1n) is 3.10. The minimum atomic E-state index is -1.25. The number of hydrogen-bond donors (Lipinski definition) is 3. The van der Waals surface area contributed by atoms with E-state index < -0.39 is 6.16 Å². The van der Waals surface area contributed by atoms with E-state index in [-0.39, 0.29) is 12.7 Å². The molecule has 0 fully saturated rings. The highest BCUT2D eigenvalue weighted by molar-refractivity contribution is 5.56. The summed E-state index contributed by atoms with van der Waals surface area (Å²) >= 11 is 0. The van der Waals surface area contributed by atoms with Crippen molar-refractivity contribution in [2.24, 2.45) is 0 Å². The van der Waals surface area contributed by atoms with Gasteiger partial charge in [0, 0.05) is 6.61 Å². The van der Waals surface area contributed by atoms with Crippen LogP contribution in [0.1, 0.15) is 13.3 Å². The minimum absolute atomic E-state index is 0.0810. The summed E-state index contributed by atoms with van der Waals surface area (Å²) in [5, 5.41) is 24.0. The lowest BCUT2D eigenvalue weighted by Crippen LogP contribution is -2.00. The van der Waals surface area contributed by atoms with Gasteiger partial charge in [0.1, 0.15) is 0 Å². The van der Waals surface area contributed by atoms with E-state index in [1.165, 1.54) is 0 Å². The lowest BCUT2D eigenvalue weighted by molar-refractivity contribution is 0.113. The number of ether oxygens (including phenoxy) is 1. The van der Waals surface area contributed by atoms with Crippen molar-refractivity contribution in [3.63, 3.8) is 0 Å². The highest BCUT2D eigenvalue weighted by Crippen LogP contribution is 1.83. The van der Waals surface area contributed by atoms with Crippen molar-refractivity contribution >= 4 is 6.16 Å². The predicted octanol–water partition coefficient (Wildman–Crippen LogP) is 0.0604. The summed E-state index contributed by atoms with van der Waals surface area (Å²) in [4.78, 5) is 9.15. The molecule has 0 spiro atoms. The second kappa shape index (κ2) is 9.19. The van der Waals surface area contributed by atoms with Gasteiger partial charge in [-0.3, -0.25) is 0 Å². The zero-order valence-corrected chi connectivity index (χ0v) is 6.65. The van der Waals surface area contributed by atoms with Crippen LogP contribution in [0.15, 0.2) is 0 Å². The molecule has 0 saturated carbocycles. The van der Waals surface area contributed by atoms with E-state index in [1.54, 1.807) is 6.92 Å². The molecule has 1 atom stereocenters. The molecule has 1 unspecified atom stereocenters. The van der Waals surface area contributed by atoms with Crippen molar-refractivity contribution in [2.45, 2.75) is 19.4 Å². The van der Waals surface area contributed by atoms with Gasteiger partial charge in [-0.1, -0.05) is 0 Å². The molecule has 0 radical (unpaired) electrons. The lowest BCUT2D eigenvalue weighted by atomic mass is 10.3. The van der Waals surface area contributed by atoms with Gasteiger partial charge in [0.2, 0.25) is 0 Å². The number of carbonyl (C=O) groups is 1. The maximum Gasteiger partial charge on any atom is 0.505 e. The van der Waals surface area contributed by atoms with Gasteiger partial charge in [0.05, 0.1) is 13.2 Å². The topological polar surface area (TPSA) is 87.0 Å². The van der Waals surface area contributed by atoms with Crippen molar-refractivity contribution < 1.29 is 24.9 Å². The smallest absolute Gasteiger partial charge is 0.450 e. The molecule has 0 aliphatic heterocycles. The fourth-order valence-electron chi connectivity index (χ4n) is 0.187. The SMILES string of the molecule is CC(O)CCO.COC(=O)O. The monoisotopic (exact) mass is 166 g/mol. The van der Waals surface area contributed by atoms with Crippen molar-refractivity contribution in [1.29, 1.82) is 0 Å². The summed E-state index contributed by atoms with van der Waals surface area (Å²) in [7, 11) is 1.10. The molecule has 5 nitrogen and oxygen atoms in total. The average molecular weight is 166 g/mol. The van der Waals surface area contributed by atoms with Crippen molar-refractivity contribution in [2.75, 3.05) is 13.7 Å². The highest BCUT2D eigenvalue weighted by atomic mass is 16.6. The molecule has 0 heterocycles. The van der Waals surface area contributed by atoms with Gasteiger partial charge in [-0.15, -0.1) is 0 Å². The van der Waals surface area contributed by atoms with Crippen LogP contribution in [0.5, 0.6) is 0 Å². The molecule has 0 bridgehead atoms. The van der Waals surface area contributed by atoms with Crippen molar-refractivity contribution in [3.05, 3.63) is 0 Å². The first-order chi connectivity index (χ1) is 5.04. The van der Waals surface area contributed by atoms with Gasteiger partial charge in [-0.2, -0.15) is 0 Å². The van der Waals surface area contributed by atoms with Crippen LogP contribution in [0.4, 0.5) is 4.79 Å². The Morgan fingerprint density at radius 2 is 2.00 bits per heavy atom. The Kier molecular flexibility index (Phi) is 10.7. The zero-order chi connectivity index (χ0) is 9.28. The molecule has 0 aromatic carbocycles. The van der Waals surface area contributed by atoms with Gasteiger partial charge in [-0.25, -0.2) is 4.79 Å². The molecule has 68 valence electrons. The highest BCUT2D eigenvalue weighted by Gasteiger charge is 1.88. The Labute approximate surface area is 65.2 Å². The van der Waals surface area contributed by atoms with E-state index >= 15 is 0 Å². The Bertz CT molecular complexity index is 91.0. The third-order valence-corrected chi connectivity index (χ3v) is 0.721. The van der Waals surface area contributed by atoms with E-state index in [2.05, 4.69) is 4.74 Å². The minimum Gasteiger partial charge on any atom is -0.450 e. The maximum atomic E-state index is 9.15. The molecule has 3 N–H and O–H groups in total. The molecule has 0 rings (SSSR count). The fraction of sp³-hybridized carbons (Fsp3) is 0.833. The van der Waals surface area contributed by atoms with Crippen LogP contribution in [-0.4, -0.2) is 41.3 Å². The average Bonchev–Trinajstić information content (AvgIpc) is 1.89. The standard InChI is InChI=1S/C4H10O2.C2H4O3/c1-4(6)2-3-5;1-5-2(3)4/h4-6H,2-3H2,1H3;1H3,(H,3,4). The van der Waals surface area contributed by atoms with Crippen LogP contribution in [0.3, 0.4) is 0 Å². The Morgan fingerprint density at radius 1 is 1.64 bits per heavy atom. The van der Waals surface area contributed by atoms with E-state index in [4.69, 9.17) is 20.1 Å². The number of aliphatic hydroxyl groups is 2. The Hall–Kier alpha value is -0.810. The molecule has 0 aliphatic carbocycles. The van der Waals surface area contributed by atoms with Gasteiger partial charge in [-0.05, 0) is 13.3 Å². The fourth-order valence-corrected chi connectivity index (χ4v) is 0.187. The largest absolute Gasteiger partial charge is 0.505 e. The number of methoxy groups -OCH3 is 1. The van der Waals surface area contributed by atoms with Crippen molar-refractivity contribution in [3.8, 4) is 0 Å². The van der Waals surface area contributed by atoms with Crippen LogP contribution >= 0.6 is 0 Å². The summed E-state index contributed by atoms with van der Waals surface area (Å²) < 4.78 is 3.67. The van der Waals surface area contributed by atoms with Gasteiger partial charge in [0.15, 0.2) is 0 Å². The van der Waals surface area contributed by atoms with Crippen LogP contribution in [-0.2, 0) is 4.74 Å². The molecule has 11 heavy (non-hydrogen) atoms. The van der Waals surface area contributed by atoms with E-state index in [0.717, 1.165) is 7.11 Å². The summed E-state index contributed by atoms with van der Waals surface area (Å²) in [5.74, 6) is 0. The molecule has 0 saturated heterocycles. The molecule has 5 heteroatoms. The third kappa shape index (κ3) is 27.1. The molecule has 0 aliphatic rings. The molecule has 0 amide bonds. The van der Waals surface area contributed by atoms with Gasteiger partial charge in [0.25, 0.3) is 0 Å². The lowest BCUT2D eigenvalue weighted by Gasteiger charge is -1.95. The summed E-state index contributed by atoms with van der Waals surface area (Å²) in [6, 6.07) is 0. The van der Waals surface area contributed by atoms with Crippen LogP contribution in [0.25, 0.3) is 0 Å². The van der Waals surface area contributed by atoms with E-state index in [1.807, 2.05) is 0 Å². The van der Waals surface area contributed by atoms with Crippen molar-refractivity contribution in [1.82, 2.24) is 0 Å². The van der Waals surface area contributed by atoms with E-state index in [0.29, 0.717) is 6.42 Å². The zero-order valence-electron chi connectivity index (χ0n) is 6.65. The third-order valence-electron chi connectivity index (χ3n) is 0.721. The quantitative estimate of drug-likeness (QED) is 0.505. The second-order valence-corrected chi connectivity index (χ2v) is 1.83. The van der Waals surface area contributed by atoms with Crippen LogP contribution in [0, 0.1) is 0 Å². The first-order valence-corrected chi connectivity index (χ1v) is 3.10. The molecular formula is C6H14O5. The second-order valence-electron chi connectivity index (χ2n) is 1.83. The number of carboxylic acid groups (broad SMARTS) is 1. The number of aliphatic hydroxyl groups excluding tert-OH is 2. The van der Waals surface area contributed by atoms with Gasteiger partial charge < -0.3 is 20.1 Å². The maximum absolute atomic E-state index is 9.15. The summed E-state index contributed by atoms with van der Waals surface area (Å²) in [6.07, 6.45) is -1.11.